The molecule has 0 N–H and O–H groups in total. The summed E-state index contributed by atoms with van der Waals surface area (Å²) < 4.78 is 53.7. The lowest BCUT2D eigenvalue weighted by Gasteiger charge is -2.19. The van der Waals surface area contributed by atoms with Gasteiger partial charge in [0, 0.05) is 66.1 Å². The van der Waals surface area contributed by atoms with Crippen LogP contribution in [-0.4, -0.2) is 92.2 Å². The Bertz CT molecular complexity index is 893. The first-order valence-corrected chi connectivity index (χ1v) is 34.6. The molecule has 0 spiro atoms. The van der Waals surface area contributed by atoms with Crippen LogP contribution in [0, 0.1) is 0 Å². The van der Waals surface area contributed by atoms with Crippen LogP contribution in [0.15, 0.2) is 0 Å². The molecule has 77 heavy (non-hydrogen) atoms. The molecular formula is C68H138O9. The molecule has 0 radical (unpaired) electrons. The molecule has 0 saturated heterocycles. The molecule has 0 atom stereocenters. The third kappa shape index (κ3) is 68.0. The summed E-state index contributed by atoms with van der Waals surface area (Å²) in [7, 11) is 0. The SMILES string of the molecule is CCCCCCCCOC(CCCCCCOCCCCCCCCCCOCOCOCCCCCCCCCCOCCCCCCC(OCCCCCCCC)OCCCCCCCC)OCCCCCCCC. The Morgan fingerprint density at radius 1 is 0.169 bits per heavy atom. The van der Waals surface area contributed by atoms with Crippen LogP contribution in [0.4, 0.5) is 0 Å². The molecule has 0 fully saturated rings. The van der Waals surface area contributed by atoms with E-state index in [0.717, 1.165) is 117 Å². The Kier molecular flexibility index (Phi) is 71.4. The number of hydrogen-bond acceptors (Lipinski definition) is 9. The van der Waals surface area contributed by atoms with Crippen molar-refractivity contribution in [2.75, 3.05) is 79.7 Å². The third-order valence-electron chi connectivity index (χ3n) is 15.2. The first-order valence-electron chi connectivity index (χ1n) is 34.6. The average molecular weight is 1100 g/mol. The highest BCUT2D eigenvalue weighted by Gasteiger charge is 2.11. The molecule has 0 aromatic rings. The fraction of sp³-hybridized carbons (Fsp3) is 1.00. The molecule has 0 amide bonds. The van der Waals surface area contributed by atoms with E-state index in [1.807, 2.05) is 0 Å². The van der Waals surface area contributed by atoms with E-state index in [4.69, 9.17) is 42.6 Å². The Labute approximate surface area is 481 Å². The molecule has 0 rings (SSSR count). The molecule has 0 bridgehead atoms. The summed E-state index contributed by atoms with van der Waals surface area (Å²) in [5, 5.41) is 0. The van der Waals surface area contributed by atoms with E-state index in [1.165, 1.54) is 270 Å². The van der Waals surface area contributed by atoms with Crippen molar-refractivity contribution in [1.82, 2.24) is 0 Å². The normalized spacial score (nSPS) is 11.9. The fourth-order valence-corrected chi connectivity index (χ4v) is 9.97. The van der Waals surface area contributed by atoms with Gasteiger partial charge in [-0.05, 0) is 89.9 Å². The quantitative estimate of drug-likeness (QED) is 0.0437. The van der Waals surface area contributed by atoms with Gasteiger partial charge in [0.2, 0.25) is 0 Å². The summed E-state index contributed by atoms with van der Waals surface area (Å²) in [5.74, 6) is 0. The van der Waals surface area contributed by atoms with E-state index in [-0.39, 0.29) is 12.6 Å². The Morgan fingerprint density at radius 3 is 0.584 bits per heavy atom. The van der Waals surface area contributed by atoms with E-state index in [0.29, 0.717) is 13.6 Å². The van der Waals surface area contributed by atoms with Gasteiger partial charge in [-0.2, -0.15) is 0 Å². The second-order valence-electron chi connectivity index (χ2n) is 23.0. The molecule has 0 aliphatic heterocycles. The minimum absolute atomic E-state index is 0.0142. The maximum absolute atomic E-state index is 6.22. The number of rotatable bonds is 72. The predicted molar refractivity (Wildman–Crippen MR) is 329 cm³/mol. The third-order valence-corrected chi connectivity index (χ3v) is 15.2. The van der Waals surface area contributed by atoms with Crippen molar-refractivity contribution in [3.05, 3.63) is 0 Å². The first-order chi connectivity index (χ1) is 38.3. The smallest absolute Gasteiger partial charge is 0.157 e. The minimum Gasteiger partial charge on any atom is -0.381 e. The molecule has 0 heterocycles. The van der Waals surface area contributed by atoms with Crippen molar-refractivity contribution >= 4 is 0 Å². The van der Waals surface area contributed by atoms with E-state index in [1.54, 1.807) is 0 Å². The second kappa shape index (κ2) is 71.7. The van der Waals surface area contributed by atoms with Gasteiger partial charge in [-0.15, -0.1) is 0 Å². The van der Waals surface area contributed by atoms with Crippen molar-refractivity contribution in [3.63, 3.8) is 0 Å². The Morgan fingerprint density at radius 2 is 0.351 bits per heavy atom. The van der Waals surface area contributed by atoms with Gasteiger partial charge < -0.3 is 42.6 Å². The Hall–Kier alpha value is -0.360. The number of hydrogen-bond donors (Lipinski definition) is 0. The van der Waals surface area contributed by atoms with Crippen molar-refractivity contribution < 1.29 is 42.6 Å². The lowest BCUT2D eigenvalue weighted by atomic mass is 10.1. The van der Waals surface area contributed by atoms with E-state index in [2.05, 4.69) is 27.7 Å². The zero-order valence-electron chi connectivity index (χ0n) is 52.7. The molecular weight excluding hydrogens is 961 g/mol. The van der Waals surface area contributed by atoms with Crippen LogP contribution in [0.1, 0.15) is 349 Å². The van der Waals surface area contributed by atoms with Gasteiger partial charge in [0.25, 0.3) is 0 Å². The van der Waals surface area contributed by atoms with Crippen LogP contribution >= 0.6 is 0 Å². The highest BCUT2D eigenvalue weighted by Crippen LogP contribution is 2.17. The van der Waals surface area contributed by atoms with E-state index in [9.17, 15) is 0 Å². The summed E-state index contributed by atoms with van der Waals surface area (Å²) in [6.45, 7) is 18.4. The van der Waals surface area contributed by atoms with Crippen LogP contribution in [0.5, 0.6) is 0 Å². The lowest BCUT2D eigenvalue weighted by molar-refractivity contribution is -0.148. The maximum Gasteiger partial charge on any atom is 0.157 e. The van der Waals surface area contributed by atoms with Crippen molar-refractivity contribution in [2.45, 2.75) is 361 Å². The Balaban J connectivity index is 3.48. The molecule has 9 heteroatoms. The van der Waals surface area contributed by atoms with Crippen molar-refractivity contribution in [3.8, 4) is 0 Å². The zero-order chi connectivity index (χ0) is 55.4. The van der Waals surface area contributed by atoms with Gasteiger partial charge in [-0.25, -0.2) is 0 Å². The number of ether oxygens (including phenoxy) is 9. The van der Waals surface area contributed by atoms with Crippen LogP contribution in [0.25, 0.3) is 0 Å². The standard InChI is InChI=1S/C68H138O9/c1-5-9-13-17-35-49-61-74-67(75-62-50-36-18-14-10-6-2)53-41-29-39-45-57-69-55-43-31-25-21-23-27-33-47-59-71-65-73-66-72-60-48-34-28-24-22-26-32-44-56-70-58-46-40-30-42-54-68(76-63-51-37-19-15-11-7-3)77-64-52-38-20-16-12-8-4/h67-68H,5-66H2,1-4H3. The van der Waals surface area contributed by atoms with Crippen molar-refractivity contribution in [1.29, 1.82) is 0 Å². The van der Waals surface area contributed by atoms with Crippen LogP contribution in [0.3, 0.4) is 0 Å². The molecule has 0 aliphatic rings. The van der Waals surface area contributed by atoms with Gasteiger partial charge in [0.1, 0.15) is 13.6 Å². The van der Waals surface area contributed by atoms with E-state index < -0.39 is 0 Å². The maximum atomic E-state index is 6.22. The first kappa shape index (κ1) is 76.6. The average Bonchev–Trinajstić information content (AvgIpc) is 3.44. The highest BCUT2D eigenvalue weighted by molar-refractivity contribution is 4.56. The monoisotopic (exact) mass is 1100 g/mol. The summed E-state index contributed by atoms with van der Waals surface area (Å²) in [6, 6.07) is 0. The molecule has 9 nitrogen and oxygen atoms in total. The van der Waals surface area contributed by atoms with Gasteiger partial charge >= 0.3 is 0 Å². The molecule has 464 valence electrons. The van der Waals surface area contributed by atoms with E-state index >= 15 is 0 Å². The highest BCUT2D eigenvalue weighted by atomic mass is 16.7. The lowest BCUT2D eigenvalue weighted by Crippen LogP contribution is -2.19. The molecule has 0 aromatic carbocycles. The second-order valence-corrected chi connectivity index (χ2v) is 23.0. The van der Waals surface area contributed by atoms with Gasteiger partial charge in [0.15, 0.2) is 12.6 Å². The summed E-state index contributed by atoms with van der Waals surface area (Å²) in [4.78, 5) is 0. The van der Waals surface area contributed by atoms with Gasteiger partial charge in [0.05, 0.1) is 0 Å². The summed E-state index contributed by atoms with van der Waals surface area (Å²) in [5.41, 5.74) is 0. The largest absolute Gasteiger partial charge is 0.381 e. The fourth-order valence-electron chi connectivity index (χ4n) is 9.97. The minimum atomic E-state index is -0.0142. The van der Waals surface area contributed by atoms with Gasteiger partial charge in [-0.1, -0.05) is 259 Å². The number of unbranched alkanes of at least 4 members (excludes halogenated alkanes) is 40. The molecule has 0 aliphatic carbocycles. The van der Waals surface area contributed by atoms with Crippen molar-refractivity contribution in [2.24, 2.45) is 0 Å². The predicted octanol–water partition coefficient (Wildman–Crippen LogP) is 21.3. The summed E-state index contributed by atoms with van der Waals surface area (Å²) in [6.07, 6.45) is 63.1. The van der Waals surface area contributed by atoms with Gasteiger partial charge in [-0.3, -0.25) is 0 Å². The molecule has 0 aromatic heterocycles. The molecule has 0 unspecified atom stereocenters. The van der Waals surface area contributed by atoms with Crippen LogP contribution in [-0.2, 0) is 42.6 Å². The van der Waals surface area contributed by atoms with Crippen LogP contribution < -0.4 is 0 Å². The molecule has 0 saturated carbocycles. The summed E-state index contributed by atoms with van der Waals surface area (Å²) >= 11 is 0. The topological polar surface area (TPSA) is 83.1 Å². The zero-order valence-corrected chi connectivity index (χ0v) is 52.7. The van der Waals surface area contributed by atoms with Crippen LogP contribution in [0.2, 0.25) is 0 Å².